The predicted octanol–water partition coefficient (Wildman–Crippen LogP) is 1.89. The molecule has 0 fully saturated rings. The van der Waals surface area contributed by atoms with Crippen LogP contribution in [0.5, 0.6) is 0 Å². The van der Waals surface area contributed by atoms with Crippen molar-refractivity contribution in [3.63, 3.8) is 0 Å². The van der Waals surface area contributed by atoms with Gasteiger partial charge in [0.25, 0.3) is 0 Å². The third-order valence-electron chi connectivity index (χ3n) is 1.85. The Morgan fingerprint density at radius 3 is 3.00 bits per heavy atom. The number of allylic oxidation sites excluding steroid dienone is 3. The molecule has 2 rings (SSSR count). The van der Waals surface area contributed by atoms with Crippen LogP contribution in [-0.4, -0.2) is 15.6 Å². The molecule has 0 saturated carbocycles. The summed E-state index contributed by atoms with van der Waals surface area (Å²) in [5.74, 6) is 0. The number of carbonyl (C=O) groups excluding carboxylic acids is 1. The van der Waals surface area contributed by atoms with E-state index in [9.17, 15) is 4.79 Å². The van der Waals surface area contributed by atoms with Crippen LogP contribution in [0.3, 0.4) is 0 Å². The van der Waals surface area contributed by atoms with Crippen molar-refractivity contribution in [3.05, 3.63) is 30.1 Å². The van der Waals surface area contributed by atoms with Gasteiger partial charge >= 0.3 is 6.03 Å². The maximum absolute atomic E-state index is 11.4. The first-order valence-corrected chi connectivity index (χ1v) is 5.34. The molecule has 0 spiro atoms. The molecule has 1 aliphatic rings. The highest BCUT2D eigenvalue weighted by molar-refractivity contribution is 7.10. The number of nitrogens with one attached hydrogen (secondary N) is 2. The highest BCUT2D eigenvalue weighted by Gasteiger charge is 2.05. The fourth-order valence-corrected chi connectivity index (χ4v) is 1.62. The maximum Gasteiger partial charge on any atom is 0.324 e. The maximum atomic E-state index is 11.4. The van der Waals surface area contributed by atoms with E-state index in [-0.39, 0.29) is 6.03 Å². The fourth-order valence-electron chi connectivity index (χ4n) is 1.20. The molecule has 0 radical (unpaired) electrons. The van der Waals surface area contributed by atoms with Crippen LogP contribution < -0.4 is 10.6 Å². The average molecular weight is 222 g/mol. The van der Waals surface area contributed by atoms with Crippen LogP contribution in [0.15, 0.2) is 30.1 Å². The van der Waals surface area contributed by atoms with E-state index in [1.165, 1.54) is 6.20 Å². The Morgan fingerprint density at radius 1 is 1.40 bits per heavy atom. The quantitative estimate of drug-likeness (QED) is 0.803. The molecule has 0 aliphatic heterocycles. The highest BCUT2D eigenvalue weighted by atomic mass is 32.1. The first kappa shape index (κ1) is 9.85. The molecule has 78 valence electrons. The third-order valence-corrected chi connectivity index (χ3v) is 2.43. The molecule has 1 heterocycles. The Balaban J connectivity index is 1.87. The van der Waals surface area contributed by atoms with Crippen molar-refractivity contribution in [3.8, 4) is 0 Å². The lowest BCUT2D eigenvalue weighted by Gasteiger charge is -2.08. The lowest BCUT2D eigenvalue weighted by atomic mass is 10.1. The molecule has 0 aromatic carbocycles. The zero-order valence-corrected chi connectivity index (χ0v) is 8.75. The van der Waals surface area contributed by atoms with Gasteiger partial charge in [-0.15, -0.1) is 5.10 Å². The van der Waals surface area contributed by atoms with Crippen LogP contribution in [0, 0.1) is 0 Å². The Labute approximate surface area is 91.1 Å². The number of anilines is 1. The first-order valence-electron chi connectivity index (χ1n) is 4.56. The third kappa shape index (κ3) is 2.88. The lowest BCUT2D eigenvalue weighted by Crippen LogP contribution is -2.27. The number of hydrogen-bond donors (Lipinski definition) is 2. The van der Waals surface area contributed by atoms with E-state index in [0.29, 0.717) is 5.00 Å². The van der Waals surface area contributed by atoms with Crippen LogP contribution in [0.1, 0.15) is 12.8 Å². The molecule has 5 nitrogen and oxygen atoms in total. The smallest absolute Gasteiger partial charge is 0.308 e. The lowest BCUT2D eigenvalue weighted by molar-refractivity contribution is 0.254. The fraction of sp³-hybridized carbons (Fsp3) is 0.222. The van der Waals surface area contributed by atoms with Crippen molar-refractivity contribution in [2.75, 3.05) is 5.32 Å². The zero-order valence-electron chi connectivity index (χ0n) is 7.93. The van der Waals surface area contributed by atoms with Gasteiger partial charge in [0.15, 0.2) is 0 Å². The number of carbonyl (C=O) groups is 1. The Bertz CT molecular complexity index is 396. The minimum Gasteiger partial charge on any atom is -0.308 e. The standard InChI is InChI=1S/C9H10N4OS/c14-9(12-8-6-10-13-15-8)11-7-4-2-1-3-5-7/h2,4-6H,1,3H2,(H2,11,12,14). The molecule has 6 heteroatoms. The van der Waals surface area contributed by atoms with Gasteiger partial charge in [0.1, 0.15) is 5.00 Å². The van der Waals surface area contributed by atoms with Gasteiger partial charge in [-0.05, 0) is 18.9 Å². The molecular formula is C9H10N4OS. The number of amides is 2. The Hall–Kier alpha value is -1.69. The van der Waals surface area contributed by atoms with Gasteiger partial charge in [-0.1, -0.05) is 16.6 Å². The molecule has 0 unspecified atom stereocenters. The second-order valence-electron chi connectivity index (χ2n) is 3.00. The van der Waals surface area contributed by atoms with E-state index in [0.717, 1.165) is 30.1 Å². The molecule has 2 N–H and O–H groups in total. The zero-order chi connectivity index (χ0) is 10.5. The summed E-state index contributed by atoms with van der Waals surface area (Å²) in [7, 11) is 0. The van der Waals surface area contributed by atoms with Crippen LogP contribution in [0.2, 0.25) is 0 Å². The van der Waals surface area contributed by atoms with E-state index >= 15 is 0 Å². The largest absolute Gasteiger partial charge is 0.324 e. The average Bonchev–Trinajstić information content (AvgIpc) is 2.71. The number of nitrogens with zero attached hydrogens (tertiary/aromatic N) is 2. The first-order chi connectivity index (χ1) is 7.34. The molecular weight excluding hydrogens is 212 g/mol. The van der Waals surface area contributed by atoms with Gasteiger partial charge in [0.2, 0.25) is 0 Å². The summed E-state index contributed by atoms with van der Waals surface area (Å²) in [6.45, 7) is 0. The number of aromatic nitrogens is 2. The van der Waals surface area contributed by atoms with Crippen molar-refractivity contribution >= 4 is 22.6 Å². The molecule has 1 aromatic heterocycles. The monoisotopic (exact) mass is 222 g/mol. The molecule has 1 aliphatic carbocycles. The van der Waals surface area contributed by atoms with Crippen molar-refractivity contribution < 1.29 is 4.79 Å². The topological polar surface area (TPSA) is 66.9 Å². The van der Waals surface area contributed by atoms with E-state index in [2.05, 4.69) is 20.2 Å². The van der Waals surface area contributed by atoms with Crippen LogP contribution in [0.4, 0.5) is 9.80 Å². The summed E-state index contributed by atoms with van der Waals surface area (Å²) in [6.07, 6.45) is 9.43. The van der Waals surface area contributed by atoms with E-state index in [4.69, 9.17) is 0 Å². The second kappa shape index (κ2) is 4.70. The molecule has 2 amide bonds. The normalized spacial score (nSPS) is 14.5. The van der Waals surface area contributed by atoms with Gasteiger partial charge in [0, 0.05) is 17.2 Å². The van der Waals surface area contributed by atoms with Gasteiger partial charge in [-0.3, -0.25) is 5.32 Å². The summed E-state index contributed by atoms with van der Waals surface area (Å²) < 4.78 is 3.64. The Kier molecular flexibility index (Phi) is 3.08. The highest BCUT2D eigenvalue weighted by Crippen LogP contribution is 2.10. The minimum absolute atomic E-state index is 0.265. The molecule has 0 saturated heterocycles. The summed E-state index contributed by atoms with van der Waals surface area (Å²) in [5.41, 5.74) is 0.830. The van der Waals surface area contributed by atoms with E-state index in [1.807, 2.05) is 18.2 Å². The summed E-state index contributed by atoms with van der Waals surface area (Å²) >= 11 is 1.14. The van der Waals surface area contributed by atoms with Crippen molar-refractivity contribution in [2.24, 2.45) is 0 Å². The van der Waals surface area contributed by atoms with Crippen LogP contribution in [0.25, 0.3) is 0 Å². The summed E-state index contributed by atoms with van der Waals surface area (Å²) in [5, 5.41) is 9.62. The molecule has 15 heavy (non-hydrogen) atoms. The molecule has 1 aromatic rings. The van der Waals surface area contributed by atoms with Gasteiger partial charge in [0.05, 0.1) is 6.20 Å². The number of hydrogen-bond acceptors (Lipinski definition) is 4. The molecule has 0 bridgehead atoms. The van der Waals surface area contributed by atoms with Crippen LogP contribution in [-0.2, 0) is 0 Å². The van der Waals surface area contributed by atoms with Gasteiger partial charge < -0.3 is 5.32 Å². The molecule has 0 atom stereocenters. The van der Waals surface area contributed by atoms with Crippen molar-refractivity contribution in [2.45, 2.75) is 12.8 Å². The van der Waals surface area contributed by atoms with Crippen molar-refractivity contribution in [1.82, 2.24) is 14.9 Å². The van der Waals surface area contributed by atoms with E-state index < -0.39 is 0 Å². The second-order valence-corrected chi connectivity index (χ2v) is 3.79. The van der Waals surface area contributed by atoms with Gasteiger partial charge in [-0.2, -0.15) is 0 Å². The number of rotatable bonds is 2. The van der Waals surface area contributed by atoms with Crippen LogP contribution >= 0.6 is 11.5 Å². The van der Waals surface area contributed by atoms with Crippen molar-refractivity contribution in [1.29, 1.82) is 0 Å². The Morgan fingerprint density at radius 2 is 2.33 bits per heavy atom. The van der Waals surface area contributed by atoms with E-state index in [1.54, 1.807) is 0 Å². The SMILES string of the molecule is O=C(NC1=CCCC=C1)Nc1cnns1. The predicted molar refractivity (Wildman–Crippen MR) is 58.5 cm³/mol. The summed E-state index contributed by atoms with van der Waals surface area (Å²) in [6, 6.07) is -0.265. The van der Waals surface area contributed by atoms with Gasteiger partial charge in [-0.25, -0.2) is 4.79 Å². The minimum atomic E-state index is -0.265. The summed E-state index contributed by atoms with van der Waals surface area (Å²) in [4.78, 5) is 11.4. The number of urea groups is 1.